The Morgan fingerprint density at radius 2 is 1.83 bits per heavy atom. The molecule has 100 valence electrons. The first kappa shape index (κ1) is 13.4. The van der Waals surface area contributed by atoms with Gasteiger partial charge in [-0.05, 0) is 35.4 Å². The largest absolute Gasteiger partial charge is 0.392 e. The zero-order valence-electron chi connectivity index (χ0n) is 10.7. The highest BCUT2D eigenvalue weighted by Gasteiger charge is 2.51. The molecule has 1 fully saturated rings. The molecule has 1 aliphatic rings. The Kier molecular flexibility index (Phi) is 3.43. The Labute approximate surface area is 106 Å². The van der Waals surface area contributed by atoms with E-state index in [9.17, 15) is 13.9 Å². The van der Waals surface area contributed by atoms with E-state index in [0.717, 1.165) is 12.5 Å². The van der Waals surface area contributed by atoms with E-state index in [2.05, 4.69) is 13.8 Å². The maximum Gasteiger partial charge on any atom is 0.126 e. The molecule has 0 amide bonds. The number of hydrogen-bond donors (Lipinski definition) is 2. The van der Waals surface area contributed by atoms with Crippen molar-refractivity contribution in [3.05, 3.63) is 35.4 Å². The summed E-state index contributed by atoms with van der Waals surface area (Å²) in [4.78, 5) is 0. The lowest BCUT2D eigenvalue weighted by Gasteiger charge is -2.23. The molecule has 3 unspecified atom stereocenters. The highest BCUT2D eigenvalue weighted by molar-refractivity contribution is 5.25. The molecule has 2 rings (SSSR count). The Morgan fingerprint density at radius 1 is 1.33 bits per heavy atom. The van der Waals surface area contributed by atoms with Crippen molar-refractivity contribution in [2.75, 3.05) is 6.54 Å². The third-order valence-electron chi connectivity index (χ3n) is 3.98. The minimum absolute atomic E-state index is 0.0959. The zero-order chi connectivity index (χ0) is 13.5. The number of nitrogens with two attached hydrogens (primary N) is 1. The van der Waals surface area contributed by atoms with Crippen molar-refractivity contribution in [3.63, 3.8) is 0 Å². The van der Waals surface area contributed by atoms with Crippen LogP contribution in [0.15, 0.2) is 18.2 Å². The predicted molar refractivity (Wildman–Crippen MR) is 66.0 cm³/mol. The molecule has 0 aromatic heterocycles. The second-order valence-corrected chi connectivity index (χ2v) is 5.83. The van der Waals surface area contributed by atoms with Crippen molar-refractivity contribution in [1.29, 1.82) is 0 Å². The van der Waals surface area contributed by atoms with Crippen molar-refractivity contribution in [3.8, 4) is 0 Å². The smallest absolute Gasteiger partial charge is 0.126 e. The minimum atomic E-state index is -0.647. The van der Waals surface area contributed by atoms with E-state index in [-0.39, 0.29) is 17.9 Å². The molecule has 18 heavy (non-hydrogen) atoms. The summed E-state index contributed by atoms with van der Waals surface area (Å²) in [5.41, 5.74) is 6.19. The monoisotopic (exact) mass is 255 g/mol. The van der Waals surface area contributed by atoms with Gasteiger partial charge in [0, 0.05) is 18.5 Å². The lowest BCUT2D eigenvalue weighted by Crippen LogP contribution is -2.29. The molecule has 3 atom stereocenters. The molecule has 1 aliphatic carbocycles. The topological polar surface area (TPSA) is 46.2 Å². The summed E-state index contributed by atoms with van der Waals surface area (Å²) < 4.78 is 26.4. The van der Waals surface area contributed by atoms with Gasteiger partial charge in [-0.1, -0.05) is 13.8 Å². The fourth-order valence-electron chi connectivity index (χ4n) is 2.63. The quantitative estimate of drug-likeness (QED) is 0.868. The molecule has 0 radical (unpaired) electrons. The van der Waals surface area contributed by atoms with E-state index in [4.69, 9.17) is 5.73 Å². The summed E-state index contributed by atoms with van der Waals surface area (Å²) in [5.74, 6) is -1.53. The van der Waals surface area contributed by atoms with Gasteiger partial charge in [0.25, 0.3) is 0 Å². The molecule has 1 aromatic rings. The fraction of sp³-hybridized carbons (Fsp3) is 0.571. The maximum atomic E-state index is 13.2. The van der Waals surface area contributed by atoms with Gasteiger partial charge in [-0.25, -0.2) is 8.78 Å². The summed E-state index contributed by atoms with van der Waals surface area (Å²) in [6.07, 6.45) is 0.272. The van der Waals surface area contributed by atoms with E-state index in [0.29, 0.717) is 5.56 Å². The minimum Gasteiger partial charge on any atom is -0.392 e. The Hall–Kier alpha value is -1.00. The van der Waals surface area contributed by atoms with Crippen molar-refractivity contribution in [2.24, 2.45) is 17.1 Å². The van der Waals surface area contributed by atoms with Gasteiger partial charge in [0.15, 0.2) is 0 Å². The van der Waals surface area contributed by atoms with E-state index in [1.165, 1.54) is 12.1 Å². The van der Waals surface area contributed by atoms with Gasteiger partial charge in [-0.2, -0.15) is 0 Å². The summed E-state index contributed by atoms with van der Waals surface area (Å²) in [5, 5.41) is 10.3. The molecule has 1 saturated carbocycles. The number of rotatable bonds is 4. The number of hydrogen-bond acceptors (Lipinski definition) is 2. The highest BCUT2D eigenvalue weighted by atomic mass is 19.1. The van der Waals surface area contributed by atoms with E-state index < -0.39 is 23.7 Å². The predicted octanol–water partition coefficient (Wildman–Crippen LogP) is 2.41. The van der Waals surface area contributed by atoms with Crippen molar-refractivity contribution in [1.82, 2.24) is 0 Å². The van der Waals surface area contributed by atoms with Crippen LogP contribution in [0.4, 0.5) is 8.78 Å². The van der Waals surface area contributed by atoms with Gasteiger partial charge in [-0.3, -0.25) is 0 Å². The van der Waals surface area contributed by atoms with E-state index >= 15 is 0 Å². The average molecular weight is 255 g/mol. The molecule has 2 nitrogen and oxygen atoms in total. The molecule has 1 aromatic carbocycles. The summed E-state index contributed by atoms with van der Waals surface area (Å²) in [7, 11) is 0. The van der Waals surface area contributed by atoms with Gasteiger partial charge < -0.3 is 10.8 Å². The van der Waals surface area contributed by atoms with Crippen LogP contribution in [-0.4, -0.2) is 17.8 Å². The summed E-state index contributed by atoms with van der Waals surface area (Å²) in [6, 6.07) is 3.32. The first-order chi connectivity index (χ1) is 8.35. The number of halogens is 2. The van der Waals surface area contributed by atoms with Gasteiger partial charge in [-0.15, -0.1) is 0 Å². The molecule has 4 heteroatoms. The van der Waals surface area contributed by atoms with Crippen LogP contribution in [0.1, 0.15) is 31.7 Å². The maximum absolute atomic E-state index is 13.2. The number of aliphatic hydroxyl groups excluding tert-OH is 1. The summed E-state index contributed by atoms with van der Waals surface area (Å²) >= 11 is 0. The van der Waals surface area contributed by atoms with Crippen molar-refractivity contribution >= 4 is 0 Å². The standard InChI is InChI=1S/C14H19F2NO/c1-14(2)6-12(14)13(18)11(7-17)8-3-9(15)5-10(16)4-8/h3-5,11-13,18H,6-7,17H2,1-2H3. The van der Waals surface area contributed by atoms with Crippen LogP contribution >= 0.6 is 0 Å². The van der Waals surface area contributed by atoms with Gasteiger partial charge >= 0.3 is 0 Å². The van der Waals surface area contributed by atoms with Crippen LogP contribution in [0.2, 0.25) is 0 Å². The van der Waals surface area contributed by atoms with Crippen LogP contribution in [0.3, 0.4) is 0 Å². The van der Waals surface area contributed by atoms with Crippen molar-refractivity contribution < 1.29 is 13.9 Å². The SMILES string of the molecule is CC1(C)CC1C(O)C(CN)c1cc(F)cc(F)c1. The Balaban J connectivity index is 2.22. The van der Waals surface area contributed by atoms with Crippen LogP contribution in [-0.2, 0) is 0 Å². The lowest BCUT2D eigenvalue weighted by molar-refractivity contribution is 0.109. The van der Waals surface area contributed by atoms with E-state index in [1.54, 1.807) is 0 Å². The lowest BCUT2D eigenvalue weighted by atomic mass is 9.88. The Morgan fingerprint density at radius 3 is 2.22 bits per heavy atom. The average Bonchev–Trinajstić information content (AvgIpc) is 2.87. The van der Waals surface area contributed by atoms with Gasteiger partial charge in [0.05, 0.1) is 6.10 Å². The number of aliphatic hydroxyl groups is 1. The van der Waals surface area contributed by atoms with Gasteiger partial charge in [0.1, 0.15) is 11.6 Å². The molecule has 0 aliphatic heterocycles. The zero-order valence-corrected chi connectivity index (χ0v) is 10.7. The second-order valence-electron chi connectivity index (χ2n) is 5.83. The van der Waals surface area contributed by atoms with Crippen LogP contribution in [0.5, 0.6) is 0 Å². The molecule has 0 heterocycles. The van der Waals surface area contributed by atoms with Crippen LogP contribution < -0.4 is 5.73 Å². The van der Waals surface area contributed by atoms with Gasteiger partial charge in [0.2, 0.25) is 0 Å². The molecule has 0 bridgehead atoms. The first-order valence-corrected chi connectivity index (χ1v) is 6.19. The molecular formula is C14H19F2NO. The first-order valence-electron chi connectivity index (χ1n) is 6.19. The molecular weight excluding hydrogens is 236 g/mol. The molecule has 3 N–H and O–H groups in total. The summed E-state index contributed by atoms with van der Waals surface area (Å²) in [6.45, 7) is 4.32. The Bertz CT molecular complexity index is 427. The molecule has 0 saturated heterocycles. The molecule has 0 spiro atoms. The fourth-order valence-corrected chi connectivity index (χ4v) is 2.63. The normalized spacial score (nSPS) is 24.7. The van der Waals surface area contributed by atoms with Crippen LogP contribution in [0, 0.1) is 23.0 Å². The van der Waals surface area contributed by atoms with Crippen molar-refractivity contribution in [2.45, 2.75) is 32.3 Å². The second kappa shape index (κ2) is 4.59. The highest BCUT2D eigenvalue weighted by Crippen LogP contribution is 2.55. The third-order valence-corrected chi connectivity index (χ3v) is 3.98. The van der Waals surface area contributed by atoms with E-state index in [1.807, 2.05) is 0 Å². The number of benzene rings is 1. The third kappa shape index (κ3) is 2.54. The van der Waals surface area contributed by atoms with Crippen LogP contribution in [0.25, 0.3) is 0 Å².